The predicted molar refractivity (Wildman–Crippen MR) is 87.7 cm³/mol. The maximum atomic E-state index is 12.4. The Kier molecular flexibility index (Phi) is 5.38. The molecule has 0 heterocycles. The number of hydrogen-bond donors (Lipinski definition) is 1. The van der Waals surface area contributed by atoms with Gasteiger partial charge in [-0.15, -0.1) is 11.6 Å². The van der Waals surface area contributed by atoms with Gasteiger partial charge in [-0.25, -0.2) is 0 Å². The van der Waals surface area contributed by atoms with Crippen molar-refractivity contribution < 1.29 is 4.79 Å². The smallest absolute Gasteiger partial charge is 0.251 e. The summed E-state index contributed by atoms with van der Waals surface area (Å²) in [5.41, 5.74) is 0.298. The number of carbonyl (C=O) groups is 1. The first-order chi connectivity index (χ1) is 9.46. The van der Waals surface area contributed by atoms with E-state index in [2.05, 4.69) is 28.2 Å². The summed E-state index contributed by atoms with van der Waals surface area (Å²) in [6, 6.07) is 5.22. The van der Waals surface area contributed by atoms with Crippen LogP contribution in [0.1, 0.15) is 43.0 Å². The first kappa shape index (κ1) is 16.1. The Morgan fingerprint density at radius 3 is 2.65 bits per heavy atom. The summed E-state index contributed by atoms with van der Waals surface area (Å²) in [7, 11) is 0. The molecular weight excluding hydrogens is 361 g/mol. The van der Waals surface area contributed by atoms with E-state index < -0.39 is 0 Å². The van der Waals surface area contributed by atoms with E-state index in [0.29, 0.717) is 22.4 Å². The number of carbonyl (C=O) groups excluding carboxylic acids is 1. The molecule has 110 valence electrons. The largest absolute Gasteiger partial charge is 0.345 e. The van der Waals surface area contributed by atoms with E-state index in [0.717, 1.165) is 30.2 Å². The number of rotatable bonds is 3. The Balaban J connectivity index is 2.11. The zero-order chi connectivity index (χ0) is 14.8. The molecule has 0 saturated heterocycles. The van der Waals surface area contributed by atoms with Crippen molar-refractivity contribution in [3.63, 3.8) is 0 Å². The highest BCUT2D eigenvalue weighted by Crippen LogP contribution is 2.33. The summed E-state index contributed by atoms with van der Waals surface area (Å²) in [6.45, 7) is 2.24. The molecular formula is C15H18BrCl2NO. The second-order valence-corrected chi connectivity index (χ2v) is 7.21. The third-order valence-electron chi connectivity index (χ3n) is 4.05. The zero-order valence-corrected chi connectivity index (χ0v) is 14.5. The summed E-state index contributed by atoms with van der Waals surface area (Å²) >= 11 is 15.5. The predicted octanol–water partition coefficient (Wildman–Crippen LogP) is 5.02. The number of benzene rings is 1. The number of halogens is 3. The molecule has 0 radical (unpaired) electrons. The van der Waals surface area contributed by atoms with Crippen LogP contribution in [-0.4, -0.2) is 17.3 Å². The molecule has 0 unspecified atom stereocenters. The molecule has 1 aromatic carbocycles. The Labute approximate surface area is 138 Å². The summed E-state index contributed by atoms with van der Waals surface area (Å²) in [4.78, 5) is 12.4. The molecule has 2 nitrogen and oxygen atoms in total. The molecule has 1 N–H and O–H groups in total. The molecule has 1 fully saturated rings. The normalized spacial score (nSPS) is 26.3. The molecule has 0 aromatic heterocycles. The van der Waals surface area contributed by atoms with E-state index in [9.17, 15) is 4.79 Å². The van der Waals surface area contributed by atoms with Crippen molar-refractivity contribution in [3.05, 3.63) is 33.3 Å². The molecule has 1 amide bonds. The third kappa shape index (κ3) is 3.69. The van der Waals surface area contributed by atoms with Gasteiger partial charge in [-0.2, -0.15) is 0 Å². The van der Waals surface area contributed by atoms with Crippen LogP contribution in [0.25, 0.3) is 0 Å². The number of amides is 1. The maximum Gasteiger partial charge on any atom is 0.251 e. The molecule has 20 heavy (non-hydrogen) atoms. The minimum Gasteiger partial charge on any atom is -0.345 e. The molecule has 2 rings (SSSR count). The topological polar surface area (TPSA) is 29.1 Å². The Bertz CT molecular complexity index is 499. The van der Waals surface area contributed by atoms with Crippen LogP contribution in [0, 0.1) is 5.92 Å². The van der Waals surface area contributed by atoms with Gasteiger partial charge in [-0.1, -0.05) is 18.5 Å². The number of hydrogen-bond acceptors (Lipinski definition) is 1. The van der Waals surface area contributed by atoms with Gasteiger partial charge in [0.15, 0.2) is 0 Å². The first-order valence-electron chi connectivity index (χ1n) is 6.79. The Hall–Kier alpha value is -0.250. The van der Waals surface area contributed by atoms with Crippen molar-refractivity contribution in [2.24, 2.45) is 5.92 Å². The summed E-state index contributed by atoms with van der Waals surface area (Å²) in [6.07, 6.45) is 4.09. The van der Waals surface area contributed by atoms with Crippen LogP contribution < -0.4 is 5.32 Å². The van der Waals surface area contributed by atoms with Crippen molar-refractivity contribution in [1.29, 1.82) is 0 Å². The SMILES string of the molecule is CC1CCC(CCl)(NC(=O)c2ccc(Br)c(Cl)c2)CC1. The molecule has 1 aliphatic carbocycles. The van der Waals surface area contributed by atoms with Crippen LogP contribution in [-0.2, 0) is 0 Å². The monoisotopic (exact) mass is 377 g/mol. The second kappa shape index (κ2) is 6.67. The quantitative estimate of drug-likeness (QED) is 0.735. The van der Waals surface area contributed by atoms with Gasteiger partial charge in [0.05, 0.1) is 10.6 Å². The standard InChI is InChI=1S/C15H18BrCl2NO/c1-10-4-6-15(9-17,7-5-10)19-14(20)11-2-3-12(16)13(18)8-11/h2-3,8,10H,4-7,9H2,1H3,(H,19,20). The number of nitrogens with one attached hydrogen (secondary N) is 1. The minimum absolute atomic E-state index is 0.102. The lowest BCUT2D eigenvalue weighted by atomic mass is 9.78. The van der Waals surface area contributed by atoms with Crippen molar-refractivity contribution in [2.45, 2.75) is 38.1 Å². The van der Waals surface area contributed by atoms with Gasteiger partial charge in [0, 0.05) is 15.9 Å². The average Bonchev–Trinajstić information content (AvgIpc) is 2.44. The van der Waals surface area contributed by atoms with E-state index in [1.54, 1.807) is 18.2 Å². The lowest BCUT2D eigenvalue weighted by Crippen LogP contribution is -2.52. The summed E-state index contributed by atoms with van der Waals surface area (Å²) in [5.74, 6) is 1.07. The lowest BCUT2D eigenvalue weighted by Gasteiger charge is -2.38. The highest BCUT2D eigenvalue weighted by Gasteiger charge is 2.35. The van der Waals surface area contributed by atoms with E-state index in [4.69, 9.17) is 23.2 Å². The van der Waals surface area contributed by atoms with Gasteiger partial charge in [0.2, 0.25) is 0 Å². The van der Waals surface area contributed by atoms with Gasteiger partial charge in [-0.3, -0.25) is 4.79 Å². The zero-order valence-electron chi connectivity index (χ0n) is 11.4. The van der Waals surface area contributed by atoms with Gasteiger partial charge in [-0.05, 0) is 65.7 Å². The van der Waals surface area contributed by atoms with Crippen LogP contribution in [0.5, 0.6) is 0 Å². The average molecular weight is 379 g/mol. The molecule has 0 aliphatic heterocycles. The fourth-order valence-corrected chi connectivity index (χ4v) is 3.32. The number of alkyl halides is 1. The molecule has 0 atom stereocenters. The van der Waals surface area contributed by atoms with Crippen LogP contribution >= 0.6 is 39.1 Å². The molecule has 1 aromatic rings. The van der Waals surface area contributed by atoms with Crippen LogP contribution in [0.4, 0.5) is 0 Å². The molecule has 1 saturated carbocycles. The summed E-state index contributed by atoms with van der Waals surface area (Å²) < 4.78 is 0.786. The highest BCUT2D eigenvalue weighted by molar-refractivity contribution is 9.10. The highest BCUT2D eigenvalue weighted by atomic mass is 79.9. The van der Waals surface area contributed by atoms with Gasteiger partial charge in [0.1, 0.15) is 0 Å². The van der Waals surface area contributed by atoms with E-state index in [1.165, 1.54) is 0 Å². The van der Waals surface area contributed by atoms with Gasteiger partial charge < -0.3 is 5.32 Å². The van der Waals surface area contributed by atoms with Crippen molar-refractivity contribution in [2.75, 3.05) is 5.88 Å². The Morgan fingerprint density at radius 2 is 2.10 bits per heavy atom. The molecule has 1 aliphatic rings. The maximum absolute atomic E-state index is 12.4. The second-order valence-electron chi connectivity index (χ2n) is 5.68. The third-order valence-corrected chi connectivity index (χ3v) is 5.79. The van der Waals surface area contributed by atoms with E-state index >= 15 is 0 Å². The fourth-order valence-electron chi connectivity index (χ4n) is 2.56. The minimum atomic E-state index is -0.273. The van der Waals surface area contributed by atoms with Crippen molar-refractivity contribution >= 4 is 45.0 Å². The van der Waals surface area contributed by atoms with Gasteiger partial charge >= 0.3 is 0 Å². The first-order valence-corrected chi connectivity index (χ1v) is 8.50. The summed E-state index contributed by atoms with van der Waals surface area (Å²) in [5, 5.41) is 3.66. The van der Waals surface area contributed by atoms with Crippen LogP contribution in [0.3, 0.4) is 0 Å². The van der Waals surface area contributed by atoms with E-state index in [1.807, 2.05) is 0 Å². The van der Waals surface area contributed by atoms with Crippen LogP contribution in [0.15, 0.2) is 22.7 Å². The fraction of sp³-hybridized carbons (Fsp3) is 0.533. The van der Waals surface area contributed by atoms with E-state index in [-0.39, 0.29) is 11.4 Å². The Morgan fingerprint density at radius 1 is 1.45 bits per heavy atom. The van der Waals surface area contributed by atoms with Gasteiger partial charge in [0.25, 0.3) is 5.91 Å². The lowest BCUT2D eigenvalue weighted by molar-refractivity contribution is 0.0872. The molecule has 0 bridgehead atoms. The molecule has 5 heteroatoms. The van der Waals surface area contributed by atoms with Crippen LogP contribution in [0.2, 0.25) is 5.02 Å². The van der Waals surface area contributed by atoms with Crippen molar-refractivity contribution in [1.82, 2.24) is 5.32 Å². The molecule has 0 spiro atoms. The van der Waals surface area contributed by atoms with Crippen molar-refractivity contribution in [3.8, 4) is 0 Å².